The third kappa shape index (κ3) is 2.07. The van der Waals surface area contributed by atoms with E-state index in [0.717, 1.165) is 10.9 Å². The molecule has 0 radical (unpaired) electrons. The van der Waals surface area contributed by atoms with Crippen molar-refractivity contribution in [2.75, 3.05) is 12.9 Å². The van der Waals surface area contributed by atoms with E-state index in [0.29, 0.717) is 12.3 Å². The van der Waals surface area contributed by atoms with Crippen LogP contribution in [0, 0.1) is 0 Å². The van der Waals surface area contributed by atoms with Gasteiger partial charge in [0.15, 0.2) is 0 Å². The highest BCUT2D eigenvalue weighted by molar-refractivity contribution is 7.98. The minimum absolute atomic E-state index is 0.301. The average Bonchev–Trinajstić information content (AvgIpc) is 2.71. The Morgan fingerprint density at radius 3 is 2.94 bits per heavy atom. The maximum atomic E-state index is 11.5. The lowest BCUT2D eigenvalue weighted by Crippen LogP contribution is -2.04. The van der Waals surface area contributed by atoms with Crippen LogP contribution in [0.3, 0.4) is 0 Å². The summed E-state index contributed by atoms with van der Waals surface area (Å²) in [6, 6.07) is 7.89. The molecule has 1 aromatic carbocycles. The van der Waals surface area contributed by atoms with Gasteiger partial charge in [-0.2, -0.15) is 0 Å². The lowest BCUT2D eigenvalue weighted by molar-refractivity contribution is 0.0520. The van der Waals surface area contributed by atoms with Crippen LogP contribution in [-0.4, -0.2) is 23.8 Å². The van der Waals surface area contributed by atoms with Crippen molar-refractivity contribution < 1.29 is 9.53 Å². The van der Waals surface area contributed by atoms with E-state index in [1.54, 1.807) is 18.7 Å². The first kappa shape index (κ1) is 11.1. The zero-order chi connectivity index (χ0) is 11.5. The van der Waals surface area contributed by atoms with Crippen LogP contribution in [0.25, 0.3) is 10.9 Å². The second kappa shape index (κ2) is 4.61. The molecule has 2 rings (SSSR count). The van der Waals surface area contributed by atoms with Gasteiger partial charge in [0.05, 0.1) is 6.61 Å². The number of H-pyrrole nitrogens is 1. The van der Waals surface area contributed by atoms with E-state index in [1.807, 2.05) is 30.5 Å². The molecule has 0 saturated carbocycles. The van der Waals surface area contributed by atoms with Crippen molar-refractivity contribution in [3.05, 3.63) is 30.0 Å². The van der Waals surface area contributed by atoms with Gasteiger partial charge < -0.3 is 9.72 Å². The number of carbonyl (C=O) groups excluding carboxylic acids is 1. The SMILES string of the molecule is CCOC(=O)c1cc2ccc(SC)cc2[nH]1. The number of benzene rings is 1. The lowest BCUT2D eigenvalue weighted by Gasteiger charge is -1.97. The normalized spacial score (nSPS) is 10.6. The Balaban J connectivity index is 2.39. The predicted octanol–water partition coefficient (Wildman–Crippen LogP) is 3.07. The highest BCUT2D eigenvalue weighted by atomic mass is 32.2. The Labute approximate surface area is 98.2 Å². The molecule has 0 aliphatic carbocycles. The highest BCUT2D eigenvalue weighted by Crippen LogP contribution is 2.22. The fourth-order valence-electron chi connectivity index (χ4n) is 1.55. The molecular formula is C12H13NO2S. The number of fused-ring (bicyclic) bond motifs is 1. The number of aromatic nitrogens is 1. The van der Waals surface area contributed by atoms with Crippen molar-refractivity contribution in [3.8, 4) is 0 Å². The van der Waals surface area contributed by atoms with Gasteiger partial charge in [-0.05, 0) is 31.4 Å². The van der Waals surface area contributed by atoms with Crippen LogP contribution < -0.4 is 0 Å². The monoisotopic (exact) mass is 235 g/mol. The zero-order valence-electron chi connectivity index (χ0n) is 9.24. The van der Waals surface area contributed by atoms with Crippen LogP contribution in [-0.2, 0) is 4.74 Å². The van der Waals surface area contributed by atoms with E-state index in [1.165, 1.54) is 4.90 Å². The summed E-state index contributed by atoms with van der Waals surface area (Å²) >= 11 is 1.68. The fourth-order valence-corrected chi connectivity index (χ4v) is 1.99. The van der Waals surface area contributed by atoms with Crippen LogP contribution >= 0.6 is 11.8 Å². The van der Waals surface area contributed by atoms with Crippen LogP contribution in [0.5, 0.6) is 0 Å². The number of nitrogens with one attached hydrogen (secondary N) is 1. The van der Waals surface area contributed by atoms with Crippen LogP contribution in [0.4, 0.5) is 0 Å². The van der Waals surface area contributed by atoms with E-state index in [-0.39, 0.29) is 5.97 Å². The van der Waals surface area contributed by atoms with Gasteiger partial charge in [0.25, 0.3) is 0 Å². The van der Waals surface area contributed by atoms with Crippen LogP contribution in [0.15, 0.2) is 29.2 Å². The molecule has 0 saturated heterocycles. The molecule has 1 N–H and O–H groups in total. The number of esters is 1. The van der Waals surface area contributed by atoms with Gasteiger partial charge >= 0.3 is 5.97 Å². The summed E-state index contributed by atoms with van der Waals surface area (Å²) in [5.41, 5.74) is 1.48. The summed E-state index contributed by atoms with van der Waals surface area (Å²) in [4.78, 5) is 15.7. The van der Waals surface area contributed by atoms with E-state index >= 15 is 0 Å². The number of carbonyl (C=O) groups is 1. The molecule has 0 bridgehead atoms. The standard InChI is InChI=1S/C12H13NO2S/c1-3-15-12(14)11-6-8-4-5-9(16-2)7-10(8)13-11/h4-7,13H,3H2,1-2H3. The van der Waals surface area contributed by atoms with Crippen molar-refractivity contribution in [1.29, 1.82) is 0 Å². The second-order valence-electron chi connectivity index (χ2n) is 3.36. The fraction of sp³-hybridized carbons (Fsp3) is 0.250. The van der Waals surface area contributed by atoms with Crippen molar-refractivity contribution in [2.24, 2.45) is 0 Å². The van der Waals surface area contributed by atoms with E-state index in [9.17, 15) is 4.79 Å². The molecule has 84 valence electrons. The van der Waals surface area contributed by atoms with Crippen LogP contribution in [0.1, 0.15) is 17.4 Å². The van der Waals surface area contributed by atoms with E-state index in [4.69, 9.17) is 4.74 Å². The van der Waals surface area contributed by atoms with Gasteiger partial charge in [-0.25, -0.2) is 4.79 Å². The molecule has 4 heteroatoms. The maximum absolute atomic E-state index is 11.5. The third-order valence-corrected chi connectivity index (χ3v) is 3.05. The number of ether oxygens (including phenoxy) is 1. The number of hydrogen-bond donors (Lipinski definition) is 1. The van der Waals surface area contributed by atoms with Crippen molar-refractivity contribution >= 4 is 28.6 Å². The lowest BCUT2D eigenvalue weighted by atomic mass is 10.2. The molecule has 0 amide bonds. The summed E-state index contributed by atoms with van der Waals surface area (Å²) in [6.45, 7) is 2.19. The molecular weight excluding hydrogens is 222 g/mol. The molecule has 0 atom stereocenters. The predicted molar refractivity (Wildman–Crippen MR) is 66.0 cm³/mol. The molecule has 3 nitrogen and oxygen atoms in total. The summed E-state index contributed by atoms with van der Waals surface area (Å²) < 4.78 is 4.94. The molecule has 0 aliphatic heterocycles. The zero-order valence-corrected chi connectivity index (χ0v) is 10.1. The first-order valence-electron chi connectivity index (χ1n) is 5.08. The first-order chi connectivity index (χ1) is 7.74. The summed E-state index contributed by atoms with van der Waals surface area (Å²) in [6.07, 6.45) is 2.02. The van der Waals surface area contributed by atoms with E-state index in [2.05, 4.69) is 4.98 Å². The summed E-state index contributed by atoms with van der Waals surface area (Å²) in [7, 11) is 0. The number of aromatic amines is 1. The third-order valence-electron chi connectivity index (χ3n) is 2.32. The van der Waals surface area contributed by atoms with Crippen molar-refractivity contribution in [3.63, 3.8) is 0 Å². The molecule has 0 unspecified atom stereocenters. The Hall–Kier alpha value is -1.42. The second-order valence-corrected chi connectivity index (χ2v) is 4.24. The minimum Gasteiger partial charge on any atom is -0.461 e. The quantitative estimate of drug-likeness (QED) is 0.656. The Bertz CT molecular complexity index is 519. The van der Waals surface area contributed by atoms with Gasteiger partial charge in [-0.15, -0.1) is 11.8 Å². The van der Waals surface area contributed by atoms with Crippen molar-refractivity contribution in [1.82, 2.24) is 4.98 Å². The smallest absolute Gasteiger partial charge is 0.354 e. The number of hydrogen-bond acceptors (Lipinski definition) is 3. The van der Waals surface area contributed by atoms with Gasteiger partial charge in [0.2, 0.25) is 0 Å². The molecule has 0 fully saturated rings. The highest BCUT2D eigenvalue weighted by Gasteiger charge is 2.10. The van der Waals surface area contributed by atoms with Gasteiger partial charge in [0.1, 0.15) is 5.69 Å². The molecule has 2 aromatic rings. The van der Waals surface area contributed by atoms with E-state index < -0.39 is 0 Å². The largest absolute Gasteiger partial charge is 0.461 e. The van der Waals surface area contributed by atoms with Crippen LogP contribution in [0.2, 0.25) is 0 Å². The maximum Gasteiger partial charge on any atom is 0.354 e. The summed E-state index contributed by atoms with van der Waals surface area (Å²) in [5.74, 6) is -0.301. The molecule has 16 heavy (non-hydrogen) atoms. The van der Waals surface area contributed by atoms with Gasteiger partial charge in [-0.1, -0.05) is 6.07 Å². The minimum atomic E-state index is -0.301. The summed E-state index contributed by atoms with van der Waals surface area (Å²) in [5, 5.41) is 1.03. The van der Waals surface area contributed by atoms with Gasteiger partial charge in [0, 0.05) is 15.8 Å². The molecule has 1 aromatic heterocycles. The first-order valence-corrected chi connectivity index (χ1v) is 6.31. The number of rotatable bonds is 3. The molecule has 0 spiro atoms. The van der Waals surface area contributed by atoms with Gasteiger partial charge in [-0.3, -0.25) is 0 Å². The van der Waals surface area contributed by atoms with Crippen molar-refractivity contribution in [2.45, 2.75) is 11.8 Å². The topological polar surface area (TPSA) is 42.1 Å². The Morgan fingerprint density at radius 2 is 2.25 bits per heavy atom. The Morgan fingerprint density at radius 1 is 1.44 bits per heavy atom. The number of thioether (sulfide) groups is 1. The molecule has 0 aliphatic rings. The Kier molecular flexibility index (Phi) is 3.19. The average molecular weight is 235 g/mol. The molecule has 1 heterocycles.